The van der Waals surface area contributed by atoms with Crippen LogP contribution in [0.1, 0.15) is 28.5 Å². The SMILES string of the molecule is COc1ccccc1C1CC(=O)NC(SCC(=O)N2CCN(C(=O)c3ccco3)CC2)=C1C#N. The second-order valence-corrected chi connectivity index (χ2v) is 8.83. The second-order valence-electron chi connectivity index (χ2n) is 7.84. The number of carbonyl (C=O) groups excluding carboxylic acids is 3. The minimum Gasteiger partial charge on any atom is -0.496 e. The molecule has 1 atom stereocenters. The fraction of sp³-hybridized carbons (Fsp3) is 0.333. The minimum atomic E-state index is -0.441. The van der Waals surface area contributed by atoms with Crippen LogP contribution in [0.25, 0.3) is 0 Å². The van der Waals surface area contributed by atoms with Crippen LogP contribution in [0.15, 0.2) is 57.7 Å². The van der Waals surface area contributed by atoms with E-state index in [1.807, 2.05) is 18.2 Å². The largest absolute Gasteiger partial charge is 0.496 e. The monoisotopic (exact) mass is 480 g/mol. The van der Waals surface area contributed by atoms with Crippen molar-refractivity contribution in [3.05, 3.63) is 64.6 Å². The molecule has 2 aliphatic rings. The summed E-state index contributed by atoms with van der Waals surface area (Å²) in [6.45, 7) is 1.64. The molecule has 34 heavy (non-hydrogen) atoms. The predicted octanol–water partition coefficient (Wildman–Crippen LogP) is 2.34. The lowest BCUT2D eigenvalue weighted by molar-refractivity contribution is -0.129. The van der Waals surface area contributed by atoms with E-state index >= 15 is 0 Å². The molecule has 1 fully saturated rings. The number of nitrogens with one attached hydrogen (secondary N) is 1. The summed E-state index contributed by atoms with van der Waals surface area (Å²) in [6.07, 6.45) is 1.59. The quantitative estimate of drug-likeness (QED) is 0.675. The molecular weight excluding hydrogens is 456 g/mol. The van der Waals surface area contributed by atoms with Crippen LogP contribution in [-0.4, -0.2) is 66.6 Å². The van der Waals surface area contributed by atoms with Gasteiger partial charge in [0, 0.05) is 44.1 Å². The van der Waals surface area contributed by atoms with Crippen molar-refractivity contribution in [3.63, 3.8) is 0 Å². The van der Waals surface area contributed by atoms with Crippen molar-refractivity contribution in [1.29, 1.82) is 5.26 Å². The van der Waals surface area contributed by atoms with Gasteiger partial charge in [0.15, 0.2) is 5.76 Å². The van der Waals surface area contributed by atoms with Crippen LogP contribution in [0.5, 0.6) is 5.75 Å². The number of carbonyl (C=O) groups is 3. The Kier molecular flexibility index (Phi) is 7.23. The van der Waals surface area contributed by atoms with Gasteiger partial charge in [-0.3, -0.25) is 14.4 Å². The zero-order valence-electron chi connectivity index (χ0n) is 18.7. The second kappa shape index (κ2) is 10.5. The number of allylic oxidation sites excluding steroid dienone is 1. The zero-order chi connectivity index (χ0) is 24.1. The number of methoxy groups -OCH3 is 1. The topological polar surface area (TPSA) is 116 Å². The molecule has 0 radical (unpaired) electrons. The molecule has 9 nitrogen and oxygen atoms in total. The molecule has 10 heteroatoms. The van der Waals surface area contributed by atoms with Gasteiger partial charge >= 0.3 is 0 Å². The summed E-state index contributed by atoms with van der Waals surface area (Å²) < 4.78 is 10.6. The first kappa shape index (κ1) is 23.4. The van der Waals surface area contributed by atoms with E-state index in [-0.39, 0.29) is 35.7 Å². The van der Waals surface area contributed by atoms with Crippen LogP contribution in [-0.2, 0) is 9.59 Å². The van der Waals surface area contributed by atoms with Gasteiger partial charge in [0.1, 0.15) is 5.75 Å². The lowest BCUT2D eigenvalue weighted by atomic mass is 9.86. The Labute approximate surface area is 201 Å². The van der Waals surface area contributed by atoms with Crippen LogP contribution in [0.3, 0.4) is 0 Å². The number of para-hydroxylation sites is 1. The number of rotatable bonds is 6. The highest BCUT2D eigenvalue weighted by Crippen LogP contribution is 2.39. The third kappa shape index (κ3) is 4.94. The summed E-state index contributed by atoms with van der Waals surface area (Å²) in [5.74, 6) is 0.00182. The Morgan fingerprint density at radius 3 is 2.59 bits per heavy atom. The van der Waals surface area contributed by atoms with E-state index in [4.69, 9.17) is 9.15 Å². The number of nitrogens with zero attached hydrogens (tertiary/aromatic N) is 3. The standard InChI is InChI=1S/C24H24N4O5S/c1-32-19-6-3-2-5-16(19)17-13-21(29)26-23(18(17)14-25)34-15-22(30)27-8-10-28(11-9-27)24(31)20-7-4-12-33-20/h2-7,12,17H,8-11,13,15H2,1H3,(H,26,29). The van der Waals surface area contributed by atoms with E-state index in [9.17, 15) is 19.6 Å². The van der Waals surface area contributed by atoms with Gasteiger partial charge in [-0.15, -0.1) is 0 Å². The Morgan fingerprint density at radius 2 is 1.91 bits per heavy atom. The Balaban J connectivity index is 1.40. The van der Waals surface area contributed by atoms with Gasteiger partial charge in [0.2, 0.25) is 11.8 Å². The van der Waals surface area contributed by atoms with E-state index in [2.05, 4.69) is 11.4 Å². The molecule has 1 aromatic heterocycles. The number of furan rings is 1. The van der Waals surface area contributed by atoms with Gasteiger partial charge < -0.3 is 24.3 Å². The first-order valence-corrected chi connectivity index (χ1v) is 11.8. The number of benzene rings is 1. The van der Waals surface area contributed by atoms with E-state index in [1.165, 1.54) is 6.26 Å². The highest BCUT2D eigenvalue weighted by atomic mass is 32.2. The van der Waals surface area contributed by atoms with Gasteiger partial charge in [-0.1, -0.05) is 30.0 Å². The number of amides is 3. The molecule has 1 unspecified atom stereocenters. The molecule has 0 saturated carbocycles. The molecule has 3 heterocycles. The van der Waals surface area contributed by atoms with Crippen molar-refractivity contribution >= 4 is 29.5 Å². The number of hydrogen-bond acceptors (Lipinski definition) is 7. The Morgan fingerprint density at radius 1 is 1.18 bits per heavy atom. The van der Waals surface area contributed by atoms with Crippen LogP contribution in [0.2, 0.25) is 0 Å². The Bertz CT molecular complexity index is 1150. The van der Waals surface area contributed by atoms with Crippen molar-refractivity contribution < 1.29 is 23.5 Å². The van der Waals surface area contributed by atoms with Crippen molar-refractivity contribution in [1.82, 2.24) is 15.1 Å². The predicted molar refractivity (Wildman–Crippen MR) is 125 cm³/mol. The smallest absolute Gasteiger partial charge is 0.289 e. The maximum absolute atomic E-state index is 12.8. The van der Waals surface area contributed by atoms with Gasteiger partial charge in [-0.25, -0.2) is 0 Å². The number of nitriles is 1. The fourth-order valence-electron chi connectivity index (χ4n) is 4.09. The highest BCUT2D eigenvalue weighted by Gasteiger charge is 2.32. The molecular formula is C24H24N4O5S. The number of piperazine rings is 1. The molecule has 2 aromatic rings. The summed E-state index contributed by atoms with van der Waals surface area (Å²) in [5.41, 5.74) is 1.17. The molecule has 0 bridgehead atoms. The first-order chi connectivity index (χ1) is 16.5. The van der Waals surface area contributed by atoms with Gasteiger partial charge in [-0.05, 0) is 18.2 Å². The van der Waals surface area contributed by atoms with Crippen LogP contribution in [0.4, 0.5) is 0 Å². The zero-order valence-corrected chi connectivity index (χ0v) is 19.5. The molecule has 1 aromatic carbocycles. The van der Waals surface area contributed by atoms with E-state index in [0.717, 1.165) is 17.3 Å². The molecule has 176 valence electrons. The molecule has 2 aliphatic heterocycles. The molecule has 0 aliphatic carbocycles. The molecule has 0 spiro atoms. The molecule has 1 N–H and O–H groups in total. The summed E-state index contributed by atoms with van der Waals surface area (Å²) in [5, 5.41) is 13.0. The normalized spacial score (nSPS) is 18.4. The highest BCUT2D eigenvalue weighted by molar-refractivity contribution is 8.03. The Hall–Kier alpha value is -3.71. The fourth-order valence-corrected chi connectivity index (χ4v) is 5.07. The lowest BCUT2D eigenvalue weighted by Crippen LogP contribution is -2.51. The molecule has 4 rings (SSSR count). The average molecular weight is 481 g/mol. The summed E-state index contributed by atoms with van der Waals surface area (Å²) in [7, 11) is 1.55. The minimum absolute atomic E-state index is 0.0750. The van der Waals surface area contributed by atoms with E-state index < -0.39 is 5.92 Å². The van der Waals surface area contributed by atoms with Crippen molar-refractivity contribution in [2.75, 3.05) is 39.0 Å². The number of hydrogen-bond donors (Lipinski definition) is 1. The summed E-state index contributed by atoms with van der Waals surface area (Å²) >= 11 is 1.15. The van der Waals surface area contributed by atoms with E-state index in [0.29, 0.717) is 42.5 Å². The summed E-state index contributed by atoms with van der Waals surface area (Å²) in [6, 6.07) is 12.8. The van der Waals surface area contributed by atoms with Crippen molar-refractivity contribution in [2.45, 2.75) is 12.3 Å². The third-order valence-corrected chi connectivity index (χ3v) is 6.86. The van der Waals surface area contributed by atoms with Crippen molar-refractivity contribution in [3.8, 4) is 11.8 Å². The number of thioether (sulfide) groups is 1. The maximum Gasteiger partial charge on any atom is 0.289 e. The average Bonchev–Trinajstić information content (AvgIpc) is 3.41. The maximum atomic E-state index is 12.8. The van der Waals surface area contributed by atoms with Gasteiger partial charge in [0.25, 0.3) is 5.91 Å². The van der Waals surface area contributed by atoms with E-state index in [1.54, 1.807) is 35.1 Å². The lowest BCUT2D eigenvalue weighted by Gasteiger charge is -2.34. The van der Waals surface area contributed by atoms with Crippen LogP contribution in [0, 0.1) is 11.3 Å². The number of ether oxygens (including phenoxy) is 1. The first-order valence-electron chi connectivity index (χ1n) is 10.8. The summed E-state index contributed by atoms with van der Waals surface area (Å²) in [4.78, 5) is 41.0. The molecule has 3 amide bonds. The third-order valence-electron chi connectivity index (χ3n) is 5.86. The van der Waals surface area contributed by atoms with Crippen molar-refractivity contribution in [2.24, 2.45) is 0 Å². The van der Waals surface area contributed by atoms with Gasteiger partial charge in [-0.2, -0.15) is 5.26 Å². The van der Waals surface area contributed by atoms with Crippen LogP contribution >= 0.6 is 11.8 Å². The van der Waals surface area contributed by atoms with Crippen LogP contribution < -0.4 is 10.1 Å². The molecule has 1 saturated heterocycles. The van der Waals surface area contributed by atoms with Gasteiger partial charge in [0.05, 0.1) is 35.8 Å².